The summed E-state index contributed by atoms with van der Waals surface area (Å²) in [5, 5.41) is 0. The lowest BCUT2D eigenvalue weighted by Gasteiger charge is -2.23. The van der Waals surface area contributed by atoms with E-state index in [2.05, 4.69) is 4.90 Å². The van der Waals surface area contributed by atoms with Gasteiger partial charge in [-0.3, -0.25) is 4.79 Å². The topological polar surface area (TPSA) is 29.5 Å². The predicted molar refractivity (Wildman–Crippen MR) is 68.5 cm³/mol. The zero-order valence-electron chi connectivity index (χ0n) is 10.3. The molecule has 1 aliphatic carbocycles. The summed E-state index contributed by atoms with van der Waals surface area (Å²) in [4.78, 5) is 15.3. The molecule has 3 rings (SSSR count). The Bertz CT molecular complexity index is 354. The average Bonchev–Trinajstić information content (AvgIpc) is 2.88. The van der Waals surface area contributed by atoms with E-state index < -0.39 is 0 Å². The normalized spacial score (nSPS) is 32.6. The van der Waals surface area contributed by atoms with Crippen molar-refractivity contribution >= 4 is 17.7 Å². The van der Waals surface area contributed by atoms with Crippen molar-refractivity contribution in [1.82, 2.24) is 4.90 Å². The Hall–Kier alpha value is -0.640. The standard InChI is InChI=1S/C13H19NO2S/c1-9-12(17-6-5-16-9)13(15)14-7-10-3-2-4-11(10)8-14/h10-11H,2-8H2,1H3/t10-,11-/m1/s1. The van der Waals surface area contributed by atoms with Crippen LogP contribution in [0.5, 0.6) is 0 Å². The molecule has 0 radical (unpaired) electrons. The SMILES string of the molecule is CC1=C(C(=O)N2C[C@H]3CCC[C@@H]3C2)SCCO1. The Labute approximate surface area is 107 Å². The molecule has 0 spiro atoms. The first-order valence-corrected chi connectivity index (χ1v) is 7.50. The molecule has 0 unspecified atom stereocenters. The van der Waals surface area contributed by atoms with Crippen molar-refractivity contribution in [1.29, 1.82) is 0 Å². The van der Waals surface area contributed by atoms with E-state index in [1.807, 2.05) is 6.92 Å². The van der Waals surface area contributed by atoms with Gasteiger partial charge in [0, 0.05) is 18.8 Å². The summed E-state index contributed by atoms with van der Waals surface area (Å²) >= 11 is 1.66. The number of carbonyl (C=O) groups is 1. The van der Waals surface area contributed by atoms with E-state index in [1.54, 1.807) is 11.8 Å². The van der Waals surface area contributed by atoms with Crippen molar-refractivity contribution in [3.8, 4) is 0 Å². The summed E-state index contributed by atoms with van der Waals surface area (Å²) in [6.07, 6.45) is 3.99. The van der Waals surface area contributed by atoms with Gasteiger partial charge in [-0.1, -0.05) is 6.42 Å². The number of rotatable bonds is 1. The molecular weight excluding hydrogens is 234 g/mol. The van der Waals surface area contributed by atoms with Crippen LogP contribution in [0.1, 0.15) is 26.2 Å². The van der Waals surface area contributed by atoms with Crippen LogP contribution < -0.4 is 0 Å². The van der Waals surface area contributed by atoms with Crippen LogP contribution in [0.4, 0.5) is 0 Å². The molecule has 94 valence electrons. The minimum absolute atomic E-state index is 0.210. The number of nitrogens with zero attached hydrogens (tertiary/aromatic N) is 1. The second kappa shape index (κ2) is 4.56. The summed E-state index contributed by atoms with van der Waals surface area (Å²) in [5.41, 5.74) is 0. The number of thioether (sulfide) groups is 1. The highest BCUT2D eigenvalue weighted by molar-refractivity contribution is 8.04. The summed E-state index contributed by atoms with van der Waals surface area (Å²) in [7, 11) is 0. The fourth-order valence-corrected chi connectivity index (χ4v) is 4.15. The van der Waals surface area contributed by atoms with E-state index in [-0.39, 0.29) is 5.91 Å². The quantitative estimate of drug-likeness (QED) is 0.718. The molecule has 1 saturated heterocycles. The van der Waals surface area contributed by atoms with Gasteiger partial charge in [-0.25, -0.2) is 0 Å². The van der Waals surface area contributed by atoms with Crippen LogP contribution in [0, 0.1) is 11.8 Å². The largest absolute Gasteiger partial charge is 0.496 e. The van der Waals surface area contributed by atoms with Gasteiger partial charge in [0.1, 0.15) is 10.7 Å². The Morgan fingerprint density at radius 2 is 2.06 bits per heavy atom. The lowest BCUT2D eigenvalue weighted by atomic mass is 10.0. The number of ether oxygens (including phenoxy) is 1. The molecule has 2 heterocycles. The number of carbonyl (C=O) groups excluding carboxylic acids is 1. The van der Waals surface area contributed by atoms with Gasteiger partial charge in [0.15, 0.2) is 0 Å². The number of amides is 1. The number of likely N-dealkylation sites (tertiary alicyclic amines) is 1. The Kier molecular flexibility index (Phi) is 3.07. The van der Waals surface area contributed by atoms with Gasteiger partial charge >= 0.3 is 0 Å². The van der Waals surface area contributed by atoms with Gasteiger partial charge in [0.2, 0.25) is 0 Å². The second-order valence-corrected chi connectivity index (χ2v) is 6.35. The summed E-state index contributed by atoms with van der Waals surface area (Å²) in [6.45, 7) is 4.59. The molecule has 2 fully saturated rings. The Morgan fingerprint density at radius 1 is 1.35 bits per heavy atom. The Morgan fingerprint density at radius 3 is 2.71 bits per heavy atom. The fraction of sp³-hybridized carbons (Fsp3) is 0.769. The lowest BCUT2D eigenvalue weighted by molar-refractivity contribution is -0.125. The fourth-order valence-electron chi connectivity index (χ4n) is 3.26. The summed E-state index contributed by atoms with van der Waals surface area (Å²) in [5.74, 6) is 3.48. The minimum Gasteiger partial charge on any atom is -0.496 e. The van der Waals surface area contributed by atoms with E-state index >= 15 is 0 Å². The third kappa shape index (κ3) is 2.07. The molecule has 4 heteroatoms. The first kappa shape index (κ1) is 11.5. The van der Waals surface area contributed by atoms with E-state index in [0.717, 1.165) is 47.9 Å². The highest BCUT2D eigenvalue weighted by atomic mass is 32.2. The third-order valence-corrected chi connectivity index (χ3v) is 5.30. The lowest BCUT2D eigenvalue weighted by Crippen LogP contribution is -2.31. The van der Waals surface area contributed by atoms with Crippen molar-refractivity contribution in [3.05, 3.63) is 10.7 Å². The molecule has 3 aliphatic rings. The van der Waals surface area contributed by atoms with Crippen molar-refractivity contribution in [2.24, 2.45) is 11.8 Å². The number of allylic oxidation sites excluding steroid dienone is 1. The monoisotopic (exact) mass is 253 g/mol. The third-order valence-electron chi connectivity index (χ3n) is 4.18. The summed E-state index contributed by atoms with van der Waals surface area (Å²) in [6, 6.07) is 0. The van der Waals surface area contributed by atoms with Gasteiger partial charge in [-0.05, 0) is 31.6 Å². The molecule has 2 aliphatic heterocycles. The smallest absolute Gasteiger partial charge is 0.263 e. The van der Waals surface area contributed by atoms with Crippen LogP contribution in [0.3, 0.4) is 0 Å². The van der Waals surface area contributed by atoms with E-state index in [9.17, 15) is 4.79 Å². The second-order valence-electron chi connectivity index (χ2n) is 5.24. The number of hydrogen-bond acceptors (Lipinski definition) is 3. The molecule has 0 aromatic carbocycles. The molecular formula is C13H19NO2S. The zero-order chi connectivity index (χ0) is 11.8. The van der Waals surface area contributed by atoms with E-state index in [0.29, 0.717) is 0 Å². The van der Waals surface area contributed by atoms with Crippen molar-refractivity contribution in [2.45, 2.75) is 26.2 Å². The van der Waals surface area contributed by atoms with E-state index in [1.165, 1.54) is 19.3 Å². The molecule has 0 aromatic rings. The van der Waals surface area contributed by atoms with Crippen molar-refractivity contribution < 1.29 is 9.53 Å². The van der Waals surface area contributed by atoms with Crippen molar-refractivity contribution in [3.63, 3.8) is 0 Å². The zero-order valence-corrected chi connectivity index (χ0v) is 11.1. The maximum absolute atomic E-state index is 12.4. The van der Waals surface area contributed by atoms with Crippen LogP contribution in [0.25, 0.3) is 0 Å². The molecule has 0 N–H and O–H groups in total. The van der Waals surface area contributed by atoms with Crippen LogP contribution in [-0.2, 0) is 9.53 Å². The van der Waals surface area contributed by atoms with Gasteiger partial charge in [-0.2, -0.15) is 0 Å². The average molecular weight is 253 g/mol. The highest BCUT2D eigenvalue weighted by Crippen LogP contribution is 2.39. The van der Waals surface area contributed by atoms with Gasteiger partial charge in [-0.15, -0.1) is 11.8 Å². The van der Waals surface area contributed by atoms with Crippen LogP contribution in [0.15, 0.2) is 10.7 Å². The van der Waals surface area contributed by atoms with Gasteiger partial charge in [0.05, 0.1) is 6.61 Å². The molecule has 1 saturated carbocycles. The first-order chi connectivity index (χ1) is 8.25. The van der Waals surface area contributed by atoms with Gasteiger partial charge < -0.3 is 9.64 Å². The predicted octanol–water partition coefficient (Wildman–Crippen LogP) is 2.24. The molecule has 1 amide bonds. The first-order valence-electron chi connectivity index (χ1n) is 6.51. The molecule has 0 aromatic heterocycles. The number of fused-ring (bicyclic) bond motifs is 1. The van der Waals surface area contributed by atoms with Crippen molar-refractivity contribution in [2.75, 3.05) is 25.4 Å². The molecule has 17 heavy (non-hydrogen) atoms. The Balaban J connectivity index is 1.71. The van der Waals surface area contributed by atoms with Crippen LogP contribution in [0.2, 0.25) is 0 Å². The number of hydrogen-bond donors (Lipinski definition) is 0. The van der Waals surface area contributed by atoms with Gasteiger partial charge in [0.25, 0.3) is 5.91 Å². The van der Waals surface area contributed by atoms with Crippen LogP contribution in [-0.4, -0.2) is 36.3 Å². The van der Waals surface area contributed by atoms with Crippen LogP contribution >= 0.6 is 11.8 Å². The maximum Gasteiger partial charge on any atom is 0.263 e. The molecule has 2 atom stereocenters. The highest BCUT2D eigenvalue weighted by Gasteiger charge is 2.39. The van der Waals surface area contributed by atoms with E-state index in [4.69, 9.17) is 4.74 Å². The minimum atomic E-state index is 0.210. The summed E-state index contributed by atoms with van der Waals surface area (Å²) < 4.78 is 5.48. The maximum atomic E-state index is 12.4. The molecule has 3 nitrogen and oxygen atoms in total. The molecule has 0 bridgehead atoms.